The summed E-state index contributed by atoms with van der Waals surface area (Å²) in [6.45, 7) is 6.44. The number of nitrogens with two attached hydrogens (primary N) is 1. The lowest BCUT2D eigenvalue weighted by Crippen LogP contribution is -2.44. The Kier molecular flexibility index (Phi) is 8.27. The van der Waals surface area contributed by atoms with Gasteiger partial charge in [-0.3, -0.25) is 23.6 Å². The summed E-state index contributed by atoms with van der Waals surface area (Å²) >= 11 is 0. The van der Waals surface area contributed by atoms with Crippen molar-refractivity contribution in [2.24, 2.45) is 13.0 Å². The van der Waals surface area contributed by atoms with E-state index in [1.807, 2.05) is 49.1 Å². The number of rotatable bonds is 7. The molecular formula is C24H33N5O5. The molecule has 2 heterocycles. The van der Waals surface area contributed by atoms with Crippen LogP contribution < -0.4 is 17.0 Å². The quantitative estimate of drug-likeness (QED) is 0.602. The third-order valence-corrected chi connectivity index (χ3v) is 5.80. The predicted octanol–water partition coefficient (Wildman–Crippen LogP) is 1.16. The third kappa shape index (κ3) is 5.93. The smallest absolute Gasteiger partial charge is 0.409 e. The molecule has 0 spiro atoms. The summed E-state index contributed by atoms with van der Waals surface area (Å²) in [4.78, 5) is 54.5. The Labute approximate surface area is 198 Å². The van der Waals surface area contributed by atoms with Crippen molar-refractivity contribution in [2.45, 2.75) is 26.8 Å². The van der Waals surface area contributed by atoms with E-state index in [2.05, 4.69) is 0 Å². The van der Waals surface area contributed by atoms with Crippen LogP contribution in [0.1, 0.15) is 36.2 Å². The number of hydrogen-bond acceptors (Lipinski definition) is 7. The van der Waals surface area contributed by atoms with Crippen LogP contribution in [-0.2, 0) is 18.3 Å². The molecule has 1 aromatic heterocycles. The first-order chi connectivity index (χ1) is 16.2. The Balaban J connectivity index is 1.75. The number of amides is 1. The number of hydrogen-bond donors (Lipinski definition) is 1. The number of benzene rings is 1. The molecule has 3 rings (SSSR count). The van der Waals surface area contributed by atoms with Gasteiger partial charge in [-0.15, -0.1) is 0 Å². The fraction of sp³-hybridized carbons (Fsp3) is 0.500. The highest BCUT2D eigenvalue weighted by Gasteiger charge is 2.26. The minimum atomic E-state index is -0.703. The third-order valence-electron chi connectivity index (χ3n) is 5.80. The van der Waals surface area contributed by atoms with Crippen molar-refractivity contribution in [1.29, 1.82) is 0 Å². The second-order valence-corrected chi connectivity index (χ2v) is 8.99. The summed E-state index contributed by atoms with van der Waals surface area (Å²) in [6, 6.07) is 9.22. The normalized spacial score (nSPS) is 14.8. The van der Waals surface area contributed by atoms with Gasteiger partial charge in [-0.25, -0.2) is 9.59 Å². The zero-order valence-corrected chi connectivity index (χ0v) is 20.0. The first kappa shape index (κ1) is 25.2. The molecule has 0 unspecified atom stereocenters. The number of nitrogen functional groups attached to an aromatic ring is 1. The molecular weight excluding hydrogens is 438 g/mol. The predicted molar refractivity (Wildman–Crippen MR) is 129 cm³/mol. The van der Waals surface area contributed by atoms with E-state index in [9.17, 15) is 19.2 Å². The number of carbonyl (C=O) groups excluding carboxylic acids is 2. The van der Waals surface area contributed by atoms with Gasteiger partial charge in [0.1, 0.15) is 11.4 Å². The van der Waals surface area contributed by atoms with Gasteiger partial charge in [0.25, 0.3) is 5.56 Å². The van der Waals surface area contributed by atoms with Crippen molar-refractivity contribution in [1.82, 2.24) is 18.9 Å². The summed E-state index contributed by atoms with van der Waals surface area (Å²) in [5.41, 5.74) is 5.56. The average molecular weight is 472 g/mol. The SMILES string of the molecule is CC(C)COC(=O)N1CCCN(CC(=O)c2c(N)n(Cc3ccccc3)c(=O)n(C)c2=O)CC1. The summed E-state index contributed by atoms with van der Waals surface area (Å²) < 4.78 is 7.48. The van der Waals surface area contributed by atoms with Crippen molar-refractivity contribution >= 4 is 17.7 Å². The molecule has 34 heavy (non-hydrogen) atoms. The van der Waals surface area contributed by atoms with Crippen LogP contribution in [-0.4, -0.2) is 70.1 Å². The van der Waals surface area contributed by atoms with Crippen molar-refractivity contribution < 1.29 is 14.3 Å². The van der Waals surface area contributed by atoms with Crippen molar-refractivity contribution in [3.63, 3.8) is 0 Å². The van der Waals surface area contributed by atoms with Gasteiger partial charge in [0, 0.05) is 33.2 Å². The maximum absolute atomic E-state index is 13.2. The first-order valence-corrected chi connectivity index (χ1v) is 11.5. The van der Waals surface area contributed by atoms with E-state index in [1.165, 1.54) is 11.6 Å². The zero-order valence-electron chi connectivity index (χ0n) is 20.0. The van der Waals surface area contributed by atoms with Crippen molar-refractivity contribution in [3.05, 3.63) is 62.3 Å². The minimum Gasteiger partial charge on any atom is -0.449 e. The fourth-order valence-electron chi connectivity index (χ4n) is 3.89. The molecule has 0 radical (unpaired) electrons. The Morgan fingerprint density at radius 1 is 1.06 bits per heavy atom. The van der Waals surface area contributed by atoms with E-state index >= 15 is 0 Å². The average Bonchev–Trinajstić information content (AvgIpc) is 3.05. The highest BCUT2D eigenvalue weighted by atomic mass is 16.6. The fourth-order valence-corrected chi connectivity index (χ4v) is 3.89. The van der Waals surface area contributed by atoms with Gasteiger partial charge < -0.3 is 15.4 Å². The Hall–Kier alpha value is -3.40. The van der Waals surface area contributed by atoms with Gasteiger partial charge in [0.2, 0.25) is 0 Å². The maximum Gasteiger partial charge on any atom is 0.409 e. The maximum atomic E-state index is 13.2. The van der Waals surface area contributed by atoms with E-state index in [0.29, 0.717) is 39.2 Å². The lowest BCUT2D eigenvalue weighted by atomic mass is 10.1. The van der Waals surface area contributed by atoms with E-state index in [0.717, 1.165) is 10.1 Å². The molecule has 1 aliphatic heterocycles. The number of carbonyl (C=O) groups is 2. The van der Waals surface area contributed by atoms with E-state index in [4.69, 9.17) is 10.5 Å². The molecule has 1 aliphatic rings. The van der Waals surface area contributed by atoms with Crippen LogP contribution in [0.5, 0.6) is 0 Å². The number of nitrogens with zero attached hydrogens (tertiary/aromatic N) is 4. The van der Waals surface area contributed by atoms with Gasteiger partial charge in [-0.2, -0.15) is 0 Å². The molecule has 0 bridgehead atoms. The second-order valence-electron chi connectivity index (χ2n) is 8.99. The van der Waals surface area contributed by atoms with Crippen LogP contribution in [0.15, 0.2) is 39.9 Å². The highest BCUT2D eigenvalue weighted by Crippen LogP contribution is 2.12. The molecule has 1 amide bonds. The van der Waals surface area contributed by atoms with Gasteiger partial charge in [-0.05, 0) is 17.9 Å². The number of ether oxygens (including phenoxy) is 1. The Morgan fingerprint density at radius 3 is 2.44 bits per heavy atom. The lowest BCUT2D eigenvalue weighted by molar-refractivity contribution is 0.0906. The summed E-state index contributed by atoms with van der Waals surface area (Å²) in [5.74, 6) is -0.324. The zero-order chi connectivity index (χ0) is 24.8. The molecule has 184 valence electrons. The Bertz CT molecular complexity index is 1140. The van der Waals surface area contributed by atoms with Crippen molar-refractivity contribution in [2.75, 3.05) is 45.1 Å². The number of aromatic nitrogens is 2. The molecule has 1 aromatic carbocycles. The van der Waals surface area contributed by atoms with Crippen LogP contribution >= 0.6 is 0 Å². The van der Waals surface area contributed by atoms with E-state index < -0.39 is 17.0 Å². The van der Waals surface area contributed by atoms with E-state index in [-0.39, 0.29) is 36.5 Å². The monoisotopic (exact) mass is 471 g/mol. The summed E-state index contributed by atoms with van der Waals surface area (Å²) in [5, 5.41) is 0. The van der Waals surface area contributed by atoms with Gasteiger partial charge in [-0.1, -0.05) is 44.2 Å². The molecule has 2 aromatic rings. The topological polar surface area (TPSA) is 120 Å². The van der Waals surface area contributed by atoms with Crippen LogP contribution in [0, 0.1) is 5.92 Å². The molecule has 0 saturated carbocycles. The first-order valence-electron chi connectivity index (χ1n) is 11.5. The molecule has 2 N–H and O–H groups in total. The van der Waals surface area contributed by atoms with Crippen molar-refractivity contribution in [3.8, 4) is 0 Å². The summed E-state index contributed by atoms with van der Waals surface area (Å²) in [6.07, 6.45) is 0.318. The minimum absolute atomic E-state index is 0.0299. The molecule has 0 atom stereocenters. The van der Waals surface area contributed by atoms with Crippen LogP contribution in [0.25, 0.3) is 0 Å². The van der Waals surface area contributed by atoms with Crippen LogP contribution in [0.4, 0.5) is 10.6 Å². The standard InChI is InChI=1S/C24H33N5O5/c1-17(2)16-34-24(33)28-11-7-10-27(12-13-28)15-19(30)20-21(25)29(23(32)26(3)22(20)31)14-18-8-5-4-6-9-18/h4-6,8-9,17H,7,10-16,25H2,1-3H3. The Morgan fingerprint density at radius 2 is 1.76 bits per heavy atom. The highest BCUT2D eigenvalue weighted by molar-refractivity contribution is 6.01. The molecule has 1 saturated heterocycles. The molecule has 1 fully saturated rings. The summed E-state index contributed by atoms with van der Waals surface area (Å²) in [7, 11) is 1.34. The van der Waals surface area contributed by atoms with Gasteiger partial charge in [0.05, 0.1) is 19.7 Å². The largest absolute Gasteiger partial charge is 0.449 e. The van der Waals surface area contributed by atoms with Crippen LogP contribution in [0.2, 0.25) is 0 Å². The second kappa shape index (κ2) is 11.1. The molecule has 10 heteroatoms. The van der Waals surface area contributed by atoms with Gasteiger partial charge >= 0.3 is 11.8 Å². The van der Waals surface area contributed by atoms with E-state index in [1.54, 1.807) is 4.90 Å². The molecule has 10 nitrogen and oxygen atoms in total. The number of anilines is 1. The van der Waals surface area contributed by atoms with Crippen LogP contribution in [0.3, 0.4) is 0 Å². The van der Waals surface area contributed by atoms with Gasteiger partial charge in [0.15, 0.2) is 5.78 Å². The number of Topliss-reactive ketones (excluding diaryl/α,β-unsaturated/α-hetero) is 1. The molecule has 0 aliphatic carbocycles. The lowest BCUT2D eigenvalue weighted by Gasteiger charge is -2.22. The number of ketones is 1.